The number of hydrogen-bond donors (Lipinski definition) is 2. The summed E-state index contributed by atoms with van der Waals surface area (Å²) in [6.07, 6.45) is 3.64. The Morgan fingerprint density at radius 2 is 1.77 bits per heavy atom. The van der Waals surface area contributed by atoms with Crippen LogP contribution in [-0.2, 0) is 0 Å². The standard InChI is InChI=1S/C21H22F2N4O3/c1-30-17-7-15(24-11-25-17)18(28)20-8-21(9-20,10-20)19(29)27-16(2-3-26-27)12-4-13(22)6-14(23)5-12/h3-7,11,16,18-19,28-29H,2,8-10H2,1H3. The first-order valence-corrected chi connectivity index (χ1v) is 9.85. The van der Waals surface area contributed by atoms with Crippen molar-refractivity contribution in [1.82, 2.24) is 15.0 Å². The Balaban J connectivity index is 1.30. The number of nitrogens with zero attached hydrogens (tertiary/aromatic N) is 4. The van der Waals surface area contributed by atoms with E-state index in [2.05, 4.69) is 15.1 Å². The second-order valence-corrected chi connectivity index (χ2v) is 8.65. The van der Waals surface area contributed by atoms with Gasteiger partial charge in [-0.25, -0.2) is 18.7 Å². The van der Waals surface area contributed by atoms with Crippen LogP contribution in [-0.4, -0.2) is 44.7 Å². The smallest absolute Gasteiger partial charge is 0.216 e. The number of methoxy groups -OCH3 is 1. The Labute approximate surface area is 172 Å². The fourth-order valence-electron chi connectivity index (χ4n) is 5.44. The van der Waals surface area contributed by atoms with Crippen LogP contribution >= 0.6 is 0 Å². The fraction of sp³-hybridized carbons (Fsp3) is 0.476. The van der Waals surface area contributed by atoms with Crippen LogP contribution in [0.25, 0.3) is 0 Å². The summed E-state index contributed by atoms with van der Waals surface area (Å²) in [6.45, 7) is 0. The van der Waals surface area contributed by atoms with Gasteiger partial charge in [0.1, 0.15) is 30.3 Å². The summed E-state index contributed by atoms with van der Waals surface area (Å²) in [5, 5.41) is 27.8. The van der Waals surface area contributed by atoms with Gasteiger partial charge in [0.15, 0.2) is 0 Å². The van der Waals surface area contributed by atoms with Crippen molar-refractivity contribution in [2.45, 2.75) is 44.1 Å². The van der Waals surface area contributed by atoms with Gasteiger partial charge in [0, 0.05) is 35.6 Å². The first-order valence-electron chi connectivity index (χ1n) is 9.85. The molecule has 3 fully saturated rings. The summed E-state index contributed by atoms with van der Waals surface area (Å²) in [5.74, 6) is -0.921. The van der Waals surface area contributed by atoms with Crippen LogP contribution in [0, 0.1) is 22.5 Å². The van der Waals surface area contributed by atoms with Gasteiger partial charge < -0.3 is 14.9 Å². The van der Waals surface area contributed by atoms with Gasteiger partial charge in [-0.05, 0) is 37.0 Å². The molecule has 6 rings (SSSR count). The zero-order valence-electron chi connectivity index (χ0n) is 16.4. The number of aliphatic hydroxyl groups is 2. The predicted molar refractivity (Wildman–Crippen MR) is 102 cm³/mol. The first kappa shape index (κ1) is 19.3. The van der Waals surface area contributed by atoms with Crippen LogP contribution in [0.15, 0.2) is 35.7 Å². The predicted octanol–water partition coefficient (Wildman–Crippen LogP) is 2.72. The highest BCUT2D eigenvalue weighted by Crippen LogP contribution is 2.79. The van der Waals surface area contributed by atoms with Gasteiger partial charge in [-0.3, -0.25) is 5.01 Å². The van der Waals surface area contributed by atoms with Gasteiger partial charge in [0.05, 0.1) is 18.8 Å². The normalized spacial score (nSPS) is 31.1. The van der Waals surface area contributed by atoms with Crippen molar-refractivity contribution < 1.29 is 23.7 Å². The molecule has 0 saturated heterocycles. The van der Waals surface area contributed by atoms with Crippen molar-refractivity contribution in [2.75, 3.05) is 7.11 Å². The number of rotatable bonds is 6. The zero-order valence-corrected chi connectivity index (χ0v) is 16.4. The molecule has 3 atom stereocenters. The van der Waals surface area contributed by atoms with Crippen molar-refractivity contribution >= 4 is 6.21 Å². The summed E-state index contributed by atoms with van der Waals surface area (Å²) >= 11 is 0. The van der Waals surface area contributed by atoms with E-state index in [4.69, 9.17) is 4.74 Å². The molecule has 9 heteroatoms. The summed E-state index contributed by atoms with van der Waals surface area (Å²) in [7, 11) is 1.50. The Morgan fingerprint density at radius 1 is 1.07 bits per heavy atom. The lowest BCUT2D eigenvalue weighted by Gasteiger charge is -2.74. The molecular formula is C21H22F2N4O3. The molecule has 4 aliphatic rings. The maximum Gasteiger partial charge on any atom is 0.216 e. The van der Waals surface area contributed by atoms with Crippen LogP contribution in [0.2, 0.25) is 0 Å². The van der Waals surface area contributed by atoms with Gasteiger partial charge in [-0.1, -0.05) is 0 Å². The molecule has 2 aromatic rings. The third-order valence-corrected chi connectivity index (χ3v) is 6.78. The van der Waals surface area contributed by atoms with Gasteiger partial charge in [-0.15, -0.1) is 0 Å². The molecule has 7 nitrogen and oxygen atoms in total. The molecule has 3 saturated carbocycles. The fourth-order valence-corrected chi connectivity index (χ4v) is 5.44. The summed E-state index contributed by atoms with van der Waals surface area (Å²) in [4.78, 5) is 8.13. The number of halogens is 2. The maximum atomic E-state index is 13.7. The largest absolute Gasteiger partial charge is 0.481 e. The van der Waals surface area contributed by atoms with Crippen molar-refractivity contribution in [3.05, 3.63) is 53.5 Å². The van der Waals surface area contributed by atoms with E-state index < -0.39 is 35.4 Å². The lowest BCUT2D eigenvalue weighted by molar-refractivity contribution is -0.323. The molecular weight excluding hydrogens is 394 g/mol. The average Bonchev–Trinajstić information content (AvgIpc) is 3.15. The van der Waals surface area contributed by atoms with E-state index in [1.54, 1.807) is 12.3 Å². The zero-order chi connectivity index (χ0) is 21.1. The molecule has 1 aromatic carbocycles. The molecule has 158 valence electrons. The Hall–Kier alpha value is -2.65. The minimum atomic E-state index is -0.901. The van der Waals surface area contributed by atoms with Crippen LogP contribution in [0.4, 0.5) is 8.78 Å². The van der Waals surface area contributed by atoms with Crippen LogP contribution in [0.5, 0.6) is 5.88 Å². The second-order valence-electron chi connectivity index (χ2n) is 8.65. The number of aromatic nitrogens is 2. The lowest BCUT2D eigenvalue weighted by atomic mass is 9.32. The van der Waals surface area contributed by atoms with Crippen LogP contribution in [0.3, 0.4) is 0 Å². The van der Waals surface area contributed by atoms with Crippen LogP contribution < -0.4 is 4.74 Å². The topological polar surface area (TPSA) is 91.1 Å². The van der Waals surface area contributed by atoms with E-state index in [-0.39, 0.29) is 5.41 Å². The lowest BCUT2D eigenvalue weighted by Crippen LogP contribution is -2.71. The van der Waals surface area contributed by atoms with E-state index >= 15 is 0 Å². The third kappa shape index (κ3) is 2.79. The molecule has 2 heterocycles. The number of aliphatic hydroxyl groups excluding tert-OH is 2. The molecule has 2 N–H and O–H groups in total. The SMILES string of the molecule is COc1cc(C(O)C23CC(C(O)N4N=CCC4c4cc(F)cc(F)c4)(C2)C3)ncn1. The molecule has 1 aliphatic heterocycles. The maximum absolute atomic E-state index is 13.7. The van der Waals surface area contributed by atoms with E-state index in [0.29, 0.717) is 42.8 Å². The second kappa shape index (κ2) is 6.68. The van der Waals surface area contributed by atoms with E-state index in [0.717, 1.165) is 6.07 Å². The first-order chi connectivity index (χ1) is 14.4. The Kier molecular flexibility index (Phi) is 4.30. The van der Waals surface area contributed by atoms with Crippen molar-refractivity contribution in [3.63, 3.8) is 0 Å². The number of benzene rings is 1. The highest BCUT2D eigenvalue weighted by molar-refractivity contribution is 5.61. The molecule has 2 bridgehead atoms. The number of hydrogen-bond acceptors (Lipinski definition) is 7. The molecule has 0 spiro atoms. The third-order valence-electron chi connectivity index (χ3n) is 6.78. The Bertz CT molecular complexity index is 977. The highest BCUT2D eigenvalue weighted by Gasteiger charge is 2.74. The minimum Gasteiger partial charge on any atom is -0.481 e. The van der Waals surface area contributed by atoms with E-state index in [9.17, 15) is 19.0 Å². The van der Waals surface area contributed by atoms with Crippen molar-refractivity contribution in [1.29, 1.82) is 0 Å². The summed E-state index contributed by atoms with van der Waals surface area (Å²) in [5.41, 5.74) is 0.198. The Morgan fingerprint density at radius 3 is 2.43 bits per heavy atom. The highest BCUT2D eigenvalue weighted by atomic mass is 19.1. The minimum absolute atomic E-state index is 0.343. The molecule has 3 unspecified atom stereocenters. The monoisotopic (exact) mass is 416 g/mol. The van der Waals surface area contributed by atoms with Gasteiger partial charge in [0.25, 0.3) is 0 Å². The molecule has 0 amide bonds. The van der Waals surface area contributed by atoms with Gasteiger partial charge in [0.2, 0.25) is 5.88 Å². The average molecular weight is 416 g/mol. The summed E-state index contributed by atoms with van der Waals surface area (Å²) < 4.78 is 32.4. The molecule has 3 aliphatic carbocycles. The van der Waals surface area contributed by atoms with Gasteiger partial charge in [-0.2, -0.15) is 5.10 Å². The molecule has 30 heavy (non-hydrogen) atoms. The molecule has 1 aromatic heterocycles. The van der Waals surface area contributed by atoms with Crippen LogP contribution in [0.1, 0.15) is 49.1 Å². The van der Waals surface area contributed by atoms with E-state index in [1.807, 2.05) is 0 Å². The van der Waals surface area contributed by atoms with Crippen molar-refractivity contribution in [3.8, 4) is 5.88 Å². The van der Waals surface area contributed by atoms with Gasteiger partial charge >= 0.3 is 0 Å². The quantitative estimate of drug-likeness (QED) is 0.753. The number of hydrazone groups is 1. The van der Waals surface area contributed by atoms with Crippen molar-refractivity contribution in [2.24, 2.45) is 15.9 Å². The molecule has 0 radical (unpaired) electrons. The summed E-state index contributed by atoms with van der Waals surface area (Å²) in [6, 6.07) is 4.57. The van der Waals surface area contributed by atoms with E-state index in [1.165, 1.54) is 30.6 Å². The number of ether oxygens (including phenoxy) is 1.